The minimum Gasteiger partial charge on any atom is -0.403 e. The Morgan fingerprint density at radius 3 is 1.08 bits per heavy atom. The van der Waals surface area contributed by atoms with Crippen LogP contribution in [0.25, 0.3) is 0 Å². The smallest absolute Gasteiger partial charge is 0.403 e. The Bertz CT molecular complexity index is 894. The summed E-state index contributed by atoms with van der Waals surface area (Å²) in [4.78, 5) is 0. The number of rotatable bonds is 5. The molecule has 0 spiro atoms. The fourth-order valence-corrected chi connectivity index (χ4v) is 4.84. The molecule has 0 amide bonds. The molecule has 1 aromatic rings. The summed E-state index contributed by atoms with van der Waals surface area (Å²) < 4.78 is 53.6. The van der Waals surface area contributed by atoms with E-state index in [1.165, 1.54) is 12.1 Å². The molecule has 36 heavy (non-hydrogen) atoms. The summed E-state index contributed by atoms with van der Waals surface area (Å²) in [6, 6.07) is 6.46. The van der Waals surface area contributed by atoms with Crippen LogP contribution in [-0.2, 0) is 27.9 Å². The molecule has 3 heterocycles. The van der Waals surface area contributed by atoms with Gasteiger partial charge in [-0.3, -0.25) is 0 Å². The van der Waals surface area contributed by atoms with Gasteiger partial charge in [-0.2, -0.15) is 0 Å². The van der Waals surface area contributed by atoms with Crippen molar-refractivity contribution in [3.63, 3.8) is 0 Å². The third-order valence-corrected chi connectivity index (χ3v) is 9.41. The molecule has 1 unspecified atom stereocenters. The van der Waals surface area contributed by atoms with Crippen LogP contribution in [0, 0.1) is 5.82 Å². The maximum atomic E-state index is 14.0. The van der Waals surface area contributed by atoms with E-state index in [-0.39, 0.29) is 5.82 Å². The molecule has 3 aliphatic heterocycles. The van der Waals surface area contributed by atoms with Gasteiger partial charge in [-0.1, -0.05) is 12.1 Å². The normalized spacial score (nSPS) is 28.2. The van der Waals surface area contributed by atoms with E-state index in [2.05, 4.69) is 0 Å². The van der Waals surface area contributed by atoms with Gasteiger partial charge in [0.05, 0.1) is 33.6 Å². The molecule has 10 heteroatoms. The molecule has 1 aromatic carbocycles. The van der Waals surface area contributed by atoms with Crippen LogP contribution in [-0.4, -0.2) is 55.0 Å². The second-order valence-corrected chi connectivity index (χ2v) is 13.5. The third-order valence-electron chi connectivity index (χ3n) is 9.41. The summed E-state index contributed by atoms with van der Waals surface area (Å²) in [7, 11) is -2.03. The Hall–Kier alpha value is -0.895. The third kappa shape index (κ3) is 4.60. The fraction of sp³-hybridized carbons (Fsp3) is 0.769. The maximum Gasteiger partial charge on any atom is 0.465 e. The first-order valence-electron chi connectivity index (χ1n) is 13.0. The Kier molecular flexibility index (Phi) is 6.68. The molecule has 3 saturated heterocycles. The van der Waals surface area contributed by atoms with E-state index < -0.39 is 66.5 Å². The molecule has 0 radical (unpaired) electrons. The van der Waals surface area contributed by atoms with Crippen molar-refractivity contribution in [2.75, 3.05) is 0 Å². The predicted octanol–water partition coefficient (Wildman–Crippen LogP) is 5.63. The molecule has 0 aromatic heterocycles. The van der Waals surface area contributed by atoms with Crippen LogP contribution in [0.5, 0.6) is 0 Å². The summed E-state index contributed by atoms with van der Waals surface area (Å²) in [5, 5.41) is 0. The average Bonchev–Trinajstić information content (AvgIpc) is 3.14. The molecule has 0 saturated carbocycles. The molecule has 4 rings (SSSR count). The minimum absolute atomic E-state index is 0.311. The first kappa shape index (κ1) is 28.1. The van der Waals surface area contributed by atoms with E-state index >= 15 is 0 Å². The van der Waals surface area contributed by atoms with E-state index in [1.54, 1.807) is 12.1 Å². The zero-order chi connectivity index (χ0) is 27.1. The Balaban J connectivity index is 1.85. The van der Waals surface area contributed by atoms with Crippen molar-refractivity contribution in [1.82, 2.24) is 0 Å². The largest absolute Gasteiger partial charge is 0.465 e. The zero-order valence-electron chi connectivity index (χ0n) is 24.0. The fourth-order valence-electron chi connectivity index (χ4n) is 4.84. The lowest BCUT2D eigenvalue weighted by Crippen LogP contribution is -2.47. The summed E-state index contributed by atoms with van der Waals surface area (Å²) in [5.74, 6) is -0.745. The van der Waals surface area contributed by atoms with Gasteiger partial charge < -0.3 is 27.9 Å². The highest BCUT2D eigenvalue weighted by Gasteiger charge is 2.67. The lowest BCUT2D eigenvalue weighted by atomic mass is 9.39. The molecular formula is C26H42B3FO6. The van der Waals surface area contributed by atoms with Crippen molar-refractivity contribution < 1.29 is 32.3 Å². The summed E-state index contributed by atoms with van der Waals surface area (Å²) in [6.45, 7) is 24.3. The second kappa shape index (κ2) is 8.55. The van der Waals surface area contributed by atoms with E-state index in [1.807, 2.05) is 83.1 Å². The molecule has 0 aliphatic carbocycles. The second-order valence-electron chi connectivity index (χ2n) is 13.5. The van der Waals surface area contributed by atoms with Crippen LogP contribution in [0.3, 0.4) is 0 Å². The van der Waals surface area contributed by atoms with Gasteiger partial charge in [-0.25, -0.2) is 4.39 Å². The van der Waals surface area contributed by atoms with Crippen molar-refractivity contribution in [2.45, 2.75) is 128 Å². The van der Waals surface area contributed by atoms with Gasteiger partial charge in [0.15, 0.2) is 0 Å². The van der Waals surface area contributed by atoms with Gasteiger partial charge in [0.25, 0.3) is 0 Å². The van der Waals surface area contributed by atoms with Gasteiger partial charge >= 0.3 is 21.4 Å². The van der Waals surface area contributed by atoms with Crippen LogP contribution in [0.1, 0.15) is 94.5 Å². The quantitative estimate of drug-likeness (QED) is 0.487. The van der Waals surface area contributed by atoms with Crippen molar-refractivity contribution >= 4 is 21.4 Å². The summed E-state index contributed by atoms with van der Waals surface area (Å²) >= 11 is 0. The van der Waals surface area contributed by atoms with Crippen LogP contribution in [0.4, 0.5) is 4.39 Å². The highest BCUT2D eigenvalue weighted by Crippen LogP contribution is 2.52. The van der Waals surface area contributed by atoms with Crippen molar-refractivity contribution in [1.29, 1.82) is 0 Å². The van der Waals surface area contributed by atoms with E-state index in [4.69, 9.17) is 27.9 Å². The summed E-state index contributed by atoms with van der Waals surface area (Å²) in [5.41, 5.74) is -3.03. The standard InChI is InChI=1S/C26H42B3FO6/c1-21(2)22(3,4)32-27(31-21)19(17-13-15-18(30)16-14-17)20(28-33-23(5,6)24(7,8)34-28)29-35-25(9,10)26(11,12)36-29/h13-16,19-20H,1-12H3. The van der Waals surface area contributed by atoms with Gasteiger partial charge in [0.2, 0.25) is 0 Å². The Morgan fingerprint density at radius 1 is 0.500 bits per heavy atom. The van der Waals surface area contributed by atoms with Crippen molar-refractivity contribution in [3.8, 4) is 0 Å². The molecule has 0 N–H and O–H groups in total. The first-order valence-corrected chi connectivity index (χ1v) is 13.0. The number of halogens is 1. The average molecular weight is 502 g/mol. The van der Waals surface area contributed by atoms with E-state index in [0.717, 1.165) is 5.56 Å². The monoisotopic (exact) mass is 502 g/mol. The molecule has 3 fully saturated rings. The van der Waals surface area contributed by atoms with Crippen molar-refractivity contribution in [2.24, 2.45) is 0 Å². The van der Waals surface area contributed by atoms with Gasteiger partial charge in [0, 0.05) is 11.5 Å². The lowest BCUT2D eigenvalue weighted by molar-refractivity contribution is 0.00578. The molecular weight excluding hydrogens is 460 g/mol. The number of benzene rings is 1. The van der Waals surface area contributed by atoms with Crippen LogP contribution in [0.2, 0.25) is 5.72 Å². The number of hydrogen-bond acceptors (Lipinski definition) is 6. The topological polar surface area (TPSA) is 55.4 Å². The SMILES string of the molecule is CC1(C)OB(C(B2OC(C)(C)C(C)(C)O2)C(B2OC(C)(C)C(C)(C)O2)c2ccc(F)cc2)OC1(C)C. The van der Waals surface area contributed by atoms with Gasteiger partial charge in [0.1, 0.15) is 5.82 Å². The molecule has 198 valence electrons. The molecule has 1 atom stereocenters. The van der Waals surface area contributed by atoms with E-state index in [9.17, 15) is 4.39 Å². The highest BCUT2D eigenvalue weighted by molar-refractivity contribution is 6.71. The van der Waals surface area contributed by atoms with Crippen LogP contribution in [0.15, 0.2) is 24.3 Å². The molecule has 6 nitrogen and oxygen atoms in total. The van der Waals surface area contributed by atoms with Crippen LogP contribution >= 0.6 is 0 Å². The van der Waals surface area contributed by atoms with Crippen molar-refractivity contribution in [3.05, 3.63) is 35.6 Å². The predicted molar refractivity (Wildman–Crippen MR) is 141 cm³/mol. The Morgan fingerprint density at radius 2 is 0.778 bits per heavy atom. The van der Waals surface area contributed by atoms with Gasteiger partial charge in [-0.15, -0.1) is 0 Å². The van der Waals surface area contributed by atoms with Crippen LogP contribution < -0.4 is 0 Å². The number of hydrogen-bond donors (Lipinski definition) is 0. The highest BCUT2D eigenvalue weighted by atomic mass is 19.1. The van der Waals surface area contributed by atoms with Gasteiger partial charge in [-0.05, 0) is 101 Å². The zero-order valence-corrected chi connectivity index (χ0v) is 24.0. The van der Waals surface area contributed by atoms with E-state index in [0.29, 0.717) is 0 Å². The molecule has 3 aliphatic rings. The Labute approximate surface area is 217 Å². The maximum absolute atomic E-state index is 14.0. The lowest BCUT2D eigenvalue weighted by Gasteiger charge is -2.32. The first-order chi connectivity index (χ1) is 16.2. The minimum atomic E-state index is -0.682. The summed E-state index contributed by atoms with van der Waals surface area (Å²) in [6.07, 6.45) is 0. The molecule has 0 bridgehead atoms.